The highest BCUT2D eigenvalue weighted by atomic mass is 19.4. The first-order chi connectivity index (χ1) is 14.4. The first-order valence-electron chi connectivity index (χ1n) is 10.2. The molecule has 4 rings (SSSR count). The number of rotatable bonds is 3. The Balaban J connectivity index is 1.37. The fourth-order valence-corrected chi connectivity index (χ4v) is 3.88. The third kappa shape index (κ3) is 4.49. The van der Waals surface area contributed by atoms with Crippen molar-refractivity contribution >= 4 is 17.7 Å². The zero-order valence-corrected chi connectivity index (χ0v) is 16.6. The van der Waals surface area contributed by atoms with Crippen molar-refractivity contribution in [3.63, 3.8) is 0 Å². The summed E-state index contributed by atoms with van der Waals surface area (Å²) in [5.74, 6) is 1.34. The summed E-state index contributed by atoms with van der Waals surface area (Å²) in [7, 11) is 0. The molecule has 0 unspecified atom stereocenters. The molecule has 2 aliphatic heterocycles. The van der Waals surface area contributed by atoms with Crippen LogP contribution in [0.25, 0.3) is 0 Å². The van der Waals surface area contributed by atoms with Gasteiger partial charge in [0.1, 0.15) is 5.82 Å². The molecule has 1 aromatic heterocycles. The lowest BCUT2D eigenvalue weighted by molar-refractivity contribution is -0.137. The van der Waals surface area contributed by atoms with Crippen molar-refractivity contribution in [1.82, 2.24) is 14.9 Å². The van der Waals surface area contributed by atoms with E-state index in [1.54, 1.807) is 11.1 Å². The first-order valence-corrected chi connectivity index (χ1v) is 10.2. The van der Waals surface area contributed by atoms with Crippen LogP contribution in [0.2, 0.25) is 0 Å². The van der Waals surface area contributed by atoms with E-state index in [0.717, 1.165) is 49.8 Å². The molecule has 2 fully saturated rings. The smallest absolute Gasteiger partial charge is 0.353 e. The molecule has 0 spiro atoms. The Bertz CT molecular complexity index is 873. The maximum absolute atomic E-state index is 12.7. The second kappa shape index (κ2) is 8.49. The van der Waals surface area contributed by atoms with Gasteiger partial charge >= 0.3 is 6.18 Å². The number of carbonyl (C=O) groups is 1. The van der Waals surface area contributed by atoms with E-state index in [-0.39, 0.29) is 11.5 Å². The van der Waals surface area contributed by atoms with Crippen LogP contribution in [0.15, 0.2) is 36.5 Å². The molecule has 2 saturated heterocycles. The number of hydrogen-bond donors (Lipinski definition) is 0. The molecule has 1 aromatic carbocycles. The van der Waals surface area contributed by atoms with Crippen molar-refractivity contribution < 1.29 is 18.0 Å². The highest BCUT2D eigenvalue weighted by Gasteiger charge is 2.31. The van der Waals surface area contributed by atoms with E-state index in [4.69, 9.17) is 4.98 Å². The molecule has 160 valence electrons. The largest absolute Gasteiger partial charge is 0.416 e. The van der Waals surface area contributed by atoms with E-state index in [2.05, 4.69) is 14.8 Å². The van der Waals surface area contributed by atoms with Crippen LogP contribution in [0, 0.1) is 0 Å². The van der Waals surface area contributed by atoms with Gasteiger partial charge in [-0.15, -0.1) is 0 Å². The van der Waals surface area contributed by atoms with Crippen LogP contribution in [0.5, 0.6) is 0 Å². The average molecular weight is 419 g/mol. The SMILES string of the molecule is O=C(c1ccc(C(F)(F)F)cc1)N1CCN(c2ccnc(N3CCCCC3)n2)CC1. The highest BCUT2D eigenvalue weighted by molar-refractivity contribution is 5.94. The Kier molecular flexibility index (Phi) is 5.78. The molecule has 1 amide bonds. The van der Waals surface area contributed by atoms with Crippen LogP contribution in [0.4, 0.5) is 24.9 Å². The summed E-state index contributed by atoms with van der Waals surface area (Å²) in [6.07, 6.45) is 0.908. The molecule has 0 aliphatic carbocycles. The minimum absolute atomic E-state index is 0.250. The number of benzene rings is 1. The van der Waals surface area contributed by atoms with Crippen molar-refractivity contribution in [3.05, 3.63) is 47.7 Å². The maximum atomic E-state index is 12.7. The maximum Gasteiger partial charge on any atom is 0.416 e. The second-order valence-corrected chi connectivity index (χ2v) is 7.62. The van der Waals surface area contributed by atoms with Gasteiger partial charge in [-0.25, -0.2) is 4.98 Å². The molecule has 3 heterocycles. The number of carbonyl (C=O) groups excluding carboxylic acids is 1. The van der Waals surface area contributed by atoms with E-state index >= 15 is 0 Å². The molecule has 0 saturated carbocycles. The van der Waals surface area contributed by atoms with E-state index < -0.39 is 11.7 Å². The zero-order valence-electron chi connectivity index (χ0n) is 16.6. The summed E-state index contributed by atoms with van der Waals surface area (Å²) in [6, 6.07) is 6.26. The highest BCUT2D eigenvalue weighted by Crippen LogP contribution is 2.29. The topological polar surface area (TPSA) is 52.6 Å². The Morgan fingerprint density at radius 1 is 0.833 bits per heavy atom. The quantitative estimate of drug-likeness (QED) is 0.763. The van der Waals surface area contributed by atoms with Gasteiger partial charge in [-0.05, 0) is 49.6 Å². The minimum Gasteiger partial charge on any atom is -0.353 e. The van der Waals surface area contributed by atoms with Gasteiger partial charge in [-0.3, -0.25) is 4.79 Å². The van der Waals surface area contributed by atoms with Crippen molar-refractivity contribution in [2.75, 3.05) is 49.1 Å². The normalized spacial score (nSPS) is 17.9. The molecule has 6 nitrogen and oxygen atoms in total. The lowest BCUT2D eigenvalue weighted by atomic mass is 10.1. The summed E-state index contributed by atoms with van der Waals surface area (Å²) in [4.78, 5) is 27.8. The van der Waals surface area contributed by atoms with Gasteiger partial charge in [0, 0.05) is 51.0 Å². The molecule has 9 heteroatoms. The van der Waals surface area contributed by atoms with Crippen LogP contribution in [0.1, 0.15) is 35.2 Å². The molecule has 2 aliphatic rings. The first kappa shape index (κ1) is 20.4. The number of piperazine rings is 1. The third-order valence-electron chi connectivity index (χ3n) is 5.62. The average Bonchev–Trinajstić information content (AvgIpc) is 2.79. The molecule has 2 aromatic rings. The Hall–Kier alpha value is -2.84. The monoisotopic (exact) mass is 419 g/mol. The summed E-state index contributed by atoms with van der Waals surface area (Å²) < 4.78 is 38.1. The Labute approximate surface area is 173 Å². The van der Waals surface area contributed by atoms with Crippen molar-refractivity contribution in [2.45, 2.75) is 25.4 Å². The van der Waals surface area contributed by atoms with E-state index in [1.807, 2.05) is 6.07 Å². The minimum atomic E-state index is -4.40. The lowest BCUT2D eigenvalue weighted by Crippen LogP contribution is -2.49. The Morgan fingerprint density at radius 2 is 1.50 bits per heavy atom. The summed E-state index contributed by atoms with van der Waals surface area (Å²) in [5.41, 5.74) is -0.483. The predicted octanol–water partition coefficient (Wildman–Crippen LogP) is 3.45. The van der Waals surface area contributed by atoms with E-state index in [0.29, 0.717) is 26.2 Å². The number of alkyl halides is 3. The molecule has 30 heavy (non-hydrogen) atoms. The molecule has 0 atom stereocenters. The van der Waals surface area contributed by atoms with E-state index in [1.165, 1.54) is 18.6 Å². The van der Waals surface area contributed by atoms with Crippen LogP contribution < -0.4 is 9.80 Å². The van der Waals surface area contributed by atoms with Crippen molar-refractivity contribution in [1.29, 1.82) is 0 Å². The van der Waals surface area contributed by atoms with Gasteiger partial charge in [-0.1, -0.05) is 0 Å². The number of piperidine rings is 1. The number of hydrogen-bond acceptors (Lipinski definition) is 5. The standard InChI is InChI=1S/C21H24F3N5O/c22-21(23,24)17-6-4-16(5-7-17)19(30)28-14-12-27(13-15-28)18-8-9-25-20(26-18)29-10-2-1-3-11-29/h4-9H,1-3,10-15H2. The van der Waals surface area contributed by atoms with Gasteiger partial charge in [0.2, 0.25) is 5.95 Å². The lowest BCUT2D eigenvalue weighted by Gasteiger charge is -2.36. The number of nitrogens with zero attached hydrogens (tertiary/aromatic N) is 5. The van der Waals surface area contributed by atoms with Gasteiger partial charge < -0.3 is 14.7 Å². The van der Waals surface area contributed by atoms with Crippen LogP contribution in [-0.2, 0) is 6.18 Å². The fraction of sp³-hybridized carbons (Fsp3) is 0.476. The van der Waals surface area contributed by atoms with Gasteiger partial charge in [0.05, 0.1) is 5.56 Å². The Morgan fingerprint density at radius 3 is 2.13 bits per heavy atom. The van der Waals surface area contributed by atoms with Gasteiger partial charge in [-0.2, -0.15) is 18.2 Å². The summed E-state index contributed by atoms with van der Waals surface area (Å²) in [5, 5.41) is 0. The van der Waals surface area contributed by atoms with Crippen molar-refractivity contribution in [3.8, 4) is 0 Å². The third-order valence-corrected chi connectivity index (χ3v) is 5.62. The van der Waals surface area contributed by atoms with E-state index in [9.17, 15) is 18.0 Å². The van der Waals surface area contributed by atoms with Gasteiger partial charge in [0.15, 0.2) is 0 Å². The van der Waals surface area contributed by atoms with Gasteiger partial charge in [0.25, 0.3) is 5.91 Å². The molecular formula is C21H24F3N5O. The van der Waals surface area contributed by atoms with Crippen molar-refractivity contribution in [2.24, 2.45) is 0 Å². The second-order valence-electron chi connectivity index (χ2n) is 7.62. The number of amides is 1. The molecule has 0 N–H and O–H groups in total. The zero-order chi connectivity index (χ0) is 21.1. The molecular weight excluding hydrogens is 395 g/mol. The summed E-state index contributed by atoms with van der Waals surface area (Å²) in [6.45, 7) is 4.15. The fourth-order valence-electron chi connectivity index (χ4n) is 3.88. The predicted molar refractivity (Wildman–Crippen MR) is 108 cm³/mol. The summed E-state index contributed by atoms with van der Waals surface area (Å²) >= 11 is 0. The number of aromatic nitrogens is 2. The van der Waals surface area contributed by atoms with Crippen LogP contribution >= 0.6 is 0 Å². The number of halogens is 3. The van der Waals surface area contributed by atoms with Crippen LogP contribution in [0.3, 0.4) is 0 Å². The molecule has 0 bridgehead atoms. The van der Waals surface area contributed by atoms with Crippen LogP contribution in [-0.4, -0.2) is 60.0 Å². The number of anilines is 2. The molecule has 0 radical (unpaired) electrons.